The van der Waals surface area contributed by atoms with Crippen LogP contribution in [0.15, 0.2) is 24.3 Å². The van der Waals surface area contributed by atoms with Crippen LogP contribution in [0.5, 0.6) is 0 Å². The third kappa shape index (κ3) is 2.83. The molecule has 0 atom stereocenters. The maximum atomic E-state index is 11.1. The summed E-state index contributed by atoms with van der Waals surface area (Å²) in [7, 11) is 0. The maximum Gasteiger partial charge on any atom is 0.177 e. The van der Waals surface area contributed by atoms with Gasteiger partial charge in [-0.15, -0.1) is 11.6 Å². The minimum Gasteiger partial charge on any atom is -0.396 e. The number of aliphatic hydroxyl groups is 1. The minimum absolute atomic E-state index is 0.0132. The number of rotatable bonds is 4. The number of hydrogen-bond acceptors (Lipinski definition) is 2. The molecule has 70 valence electrons. The first-order valence-corrected chi connectivity index (χ1v) is 4.60. The zero-order valence-corrected chi connectivity index (χ0v) is 7.92. The lowest BCUT2D eigenvalue weighted by molar-refractivity contribution is 0.102. The molecule has 3 heteroatoms. The van der Waals surface area contributed by atoms with E-state index in [9.17, 15) is 4.79 Å². The van der Waals surface area contributed by atoms with Crippen LogP contribution >= 0.6 is 11.6 Å². The molecular formula is C10H11ClO2. The zero-order chi connectivity index (χ0) is 9.68. The SMILES string of the molecule is O=C(CCl)c1ccc(CCO)cc1. The van der Waals surface area contributed by atoms with E-state index in [-0.39, 0.29) is 18.3 Å². The molecule has 0 aliphatic heterocycles. The van der Waals surface area contributed by atoms with Gasteiger partial charge in [0.05, 0.1) is 5.88 Å². The average Bonchev–Trinajstić information content (AvgIpc) is 2.18. The van der Waals surface area contributed by atoms with Crippen molar-refractivity contribution in [1.82, 2.24) is 0 Å². The van der Waals surface area contributed by atoms with Crippen LogP contribution in [0.25, 0.3) is 0 Å². The van der Waals surface area contributed by atoms with E-state index in [0.717, 1.165) is 5.56 Å². The predicted octanol–water partition coefficient (Wildman–Crippen LogP) is 1.64. The molecule has 1 N–H and O–H groups in total. The normalized spacial score (nSPS) is 10.0. The molecule has 0 radical (unpaired) electrons. The van der Waals surface area contributed by atoms with E-state index >= 15 is 0 Å². The predicted molar refractivity (Wildman–Crippen MR) is 52.3 cm³/mol. The summed E-state index contributed by atoms with van der Waals surface area (Å²) in [5, 5.41) is 8.66. The van der Waals surface area contributed by atoms with Gasteiger partial charge < -0.3 is 5.11 Å². The first-order valence-electron chi connectivity index (χ1n) is 4.07. The molecule has 0 aliphatic rings. The van der Waals surface area contributed by atoms with Gasteiger partial charge >= 0.3 is 0 Å². The van der Waals surface area contributed by atoms with Gasteiger partial charge in [-0.2, -0.15) is 0 Å². The molecule has 0 unspecified atom stereocenters. The fourth-order valence-electron chi connectivity index (χ4n) is 1.06. The number of carbonyl (C=O) groups excluding carboxylic acids is 1. The lowest BCUT2D eigenvalue weighted by atomic mass is 10.1. The van der Waals surface area contributed by atoms with Gasteiger partial charge in [0.15, 0.2) is 5.78 Å². The third-order valence-electron chi connectivity index (χ3n) is 1.80. The van der Waals surface area contributed by atoms with Crippen molar-refractivity contribution >= 4 is 17.4 Å². The van der Waals surface area contributed by atoms with Crippen LogP contribution in [0.2, 0.25) is 0 Å². The Bertz CT molecular complexity index is 279. The second kappa shape index (κ2) is 5.00. The Hall–Kier alpha value is -0.860. The van der Waals surface area contributed by atoms with E-state index in [1.807, 2.05) is 12.1 Å². The van der Waals surface area contributed by atoms with E-state index in [2.05, 4.69) is 0 Å². The molecule has 1 aromatic carbocycles. The van der Waals surface area contributed by atoms with Gasteiger partial charge in [-0.25, -0.2) is 0 Å². The Morgan fingerprint density at radius 3 is 2.38 bits per heavy atom. The molecule has 0 saturated carbocycles. The molecule has 2 nitrogen and oxygen atoms in total. The Balaban J connectivity index is 2.75. The number of Topliss-reactive ketones (excluding diaryl/α,β-unsaturated/α-hetero) is 1. The molecule has 1 rings (SSSR count). The van der Waals surface area contributed by atoms with Crippen LogP contribution in [0.3, 0.4) is 0 Å². The molecule has 0 saturated heterocycles. The minimum atomic E-state index is -0.0720. The van der Waals surface area contributed by atoms with Crippen molar-refractivity contribution in [2.45, 2.75) is 6.42 Å². The van der Waals surface area contributed by atoms with E-state index < -0.39 is 0 Å². The Labute approximate surface area is 82.2 Å². The van der Waals surface area contributed by atoms with Crippen molar-refractivity contribution in [3.8, 4) is 0 Å². The fourth-order valence-corrected chi connectivity index (χ4v) is 1.22. The van der Waals surface area contributed by atoms with Crippen LogP contribution in [0, 0.1) is 0 Å². The summed E-state index contributed by atoms with van der Waals surface area (Å²) < 4.78 is 0. The molecular weight excluding hydrogens is 188 g/mol. The Kier molecular flexibility index (Phi) is 3.93. The number of benzene rings is 1. The summed E-state index contributed by atoms with van der Waals surface area (Å²) in [6.07, 6.45) is 0.620. The number of carbonyl (C=O) groups is 1. The van der Waals surface area contributed by atoms with Crippen molar-refractivity contribution in [2.75, 3.05) is 12.5 Å². The third-order valence-corrected chi connectivity index (χ3v) is 2.04. The Morgan fingerprint density at radius 2 is 1.92 bits per heavy atom. The summed E-state index contributed by atoms with van der Waals surface area (Å²) in [5.74, 6) is -0.0588. The highest BCUT2D eigenvalue weighted by atomic mass is 35.5. The summed E-state index contributed by atoms with van der Waals surface area (Å²) in [4.78, 5) is 11.1. The molecule has 0 amide bonds. The number of hydrogen-bond donors (Lipinski definition) is 1. The Morgan fingerprint density at radius 1 is 1.31 bits per heavy atom. The highest BCUT2D eigenvalue weighted by Crippen LogP contribution is 2.06. The summed E-state index contributed by atoms with van der Waals surface area (Å²) in [6.45, 7) is 0.128. The first kappa shape index (κ1) is 10.2. The van der Waals surface area contributed by atoms with Crippen LogP contribution in [0.4, 0.5) is 0 Å². The van der Waals surface area contributed by atoms with Crippen molar-refractivity contribution in [2.24, 2.45) is 0 Å². The average molecular weight is 199 g/mol. The lowest BCUT2D eigenvalue weighted by Gasteiger charge is -1.99. The number of halogens is 1. The van der Waals surface area contributed by atoms with Crippen LogP contribution in [-0.4, -0.2) is 23.4 Å². The van der Waals surface area contributed by atoms with E-state index in [0.29, 0.717) is 12.0 Å². The van der Waals surface area contributed by atoms with Gasteiger partial charge in [0.25, 0.3) is 0 Å². The van der Waals surface area contributed by atoms with Crippen LogP contribution < -0.4 is 0 Å². The molecule has 0 aromatic heterocycles. The van der Waals surface area contributed by atoms with Crippen molar-refractivity contribution in [3.05, 3.63) is 35.4 Å². The molecule has 0 fully saturated rings. The second-order valence-electron chi connectivity index (χ2n) is 2.73. The van der Waals surface area contributed by atoms with Gasteiger partial charge in [-0.3, -0.25) is 4.79 Å². The summed E-state index contributed by atoms with van der Waals surface area (Å²) in [5.41, 5.74) is 1.64. The van der Waals surface area contributed by atoms with Crippen LogP contribution in [0.1, 0.15) is 15.9 Å². The topological polar surface area (TPSA) is 37.3 Å². The number of aliphatic hydroxyl groups excluding tert-OH is 1. The monoisotopic (exact) mass is 198 g/mol. The summed E-state index contributed by atoms with van der Waals surface area (Å²) >= 11 is 5.40. The maximum absolute atomic E-state index is 11.1. The zero-order valence-electron chi connectivity index (χ0n) is 7.16. The molecule has 13 heavy (non-hydrogen) atoms. The number of ketones is 1. The number of alkyl halides is 1. The standard InChI is InChI=1S/C10H11ClO2/c11-7-10(13)9-3-1-8(2-4-9)5-6-12/h1-4,12H,5-7H2. The van der Waals surface area contributed by atoms with Gasteiger partial charge in [-0.1, -0.05) is 24.3 Å². The quantitative estimate of drug-likeness (QED) is 0.590. The highest BCUT2D eigenvalue weighted by molar-refractivity contribution is 6.30. The van der Waals surface area contributed by atoms with Crippen molar-refractivity contribution in [1.29, 1.82) is 0 Å². The smallest absolute Gasteiger partial charge is 0.177 e. The second-order valence-corrected chi connectivity index (χ2v) is 2.99. The highest BCUT2D eigenvalue weighted by Gasteiger charge is 2.02. The molecule has 0 spiro atoms. The van der Waals surface area contributed by atoms with Gasteiger partial charge in [0.2, 0.25) is 0 Å². The first-order chi connectivity index (χ1) is 6.27. The van der Waals surface area contributed by atoms with Crippen molar-refractivity contribution in [3.63, 3.8) is 0 Å². The molecule has 1 aromatic rings. The molecule has 0 bridgehead atoms. The van der Waals surface area contributed by atoms with E-state index in [4.69, 9.17) is 16.7 Å². The van der Waals surface area contributed by atoms with Gasteiger partial charge in [-0.05, 0) is 12.0 Å². The van der Waals surface area contributed by atoms with Crippen LogP contribution in [-0.2, 0) is 6.42 Å². The van der Waals surface area contributed by atoms with Gasteiger partial charge in [0, 0.05) is 12.2 Å². The van der Waals surface area contributed by atoms with Gasteiger partial charge in [0.1, 0.15) is 0 Å². The largest absolute Gasteiger partial charge is 0.396 e. The van der Waals surface area contributed by atoms with E-state index in [1.165, 1.54) is 0 Å². The molecule has 0 aliphatic carbocycles. The van der Waals surface area contributed by atoms with E-state index in [1.54, 1.807) is 12.1 Å². The van der Waals surface area contributed by atoms with Crippen molar-refractivity contribution < 1.29 is 9.90 Å². The molecule has 0 heterocycles. The fraction of sp³-hybridized carbons (Fsp3) is 0.300. The summed E-state index contributed by atoms with van der Waals surface area (Å²) in [6, 6.07) is 7.12. The lowest BCUT2D eigenvalue weighted by Crippen LogP contribution is -2.00.